The highest BCUT2D eigenvalue weighted by Gasteiger charge is 2.24. The molecule has 0 atom stereocenters. The summed E-state index contributed by atoms with van der Waals surface area (Å²) < 4.78 is 1.91. The van der Waals surface area contributed by atoms with Gasteiger partial charge in [-0.15, -0.1) is 0 Å². The van der Waals surface area contributed by atoms with Crippen LogP contribution in [0.15, 0.2) is 53.3 Å². The zero-order chi connectivity index (χ0) is 19.7. The molecule has 0 radical (unpaired) electrons. The Balaban J connectivity index is 1.48. The van der Waals surface area contributed by atoms with Crippen LogP contribution >= 0.6 is 0 Å². The summed E-state index contributed by atoms with van der Waals surface area (Å²) in [6, 6.07) is 15.9. The van der Waals surface area contributed by atoms with E-state index in [1.807, 2.05) is 53.1 Å². The number of H-pyrrole nitrogens is 1. The molecule has 4 rings (SSSR count). The quantitative estimate of drug-likeness (QED) is 0.759. The molecular formula is C22H26N4O2. The normalized spacial score (nSPS) is 15.8. The molecule has 1 amide bonds. The average molecular weight is 378 g/mol. The number of nitrogens with one attached hydrogen (secondary N) is 1. The summed E-state index contributed by atoms with van der Waals surface area (Å²) in [5, 5.41) is 0. The summed E-state index contributed by atoms with van der Waals surface area (Å²) in [5.41, 5.74) is 3.67. The standard InChI is InChI=1S/C22H26N4O2/c1-24(2)21(27)18-8-4-3-7-16(18)15-25-13-11-17(12-14-25)26-20-10-6-5-9-19(20)23-22(26)28/h3-10,17H,11-15H2,1-2H3,(H,23,28). The van der Waals surface area contributed by atoms with Gasteiger partial charge in [-0.05, 0) is 36.6 Å². The summed E-state index contributed by atoms with van der Waals surface area (Å²) in [4.78, 5) is 31.8. The monoisotopic (exact) mass is 378 g/mol. The van der Waals surface area contributed by atoms with Gasteiger partial charge in [-0.3, -0.25) is 14.3 Å². The van der Waals surface area contributed by atoms with Gasteiger partial charge < -0.3 is 9.88 Å². The highest BCUT2D eigenvalue weighted by atomic mass is 16.2. The number of aromatic nitrogens is 2. The first kappa shape index (κ1) is 18.5. The summed E-state index contributed by atoms with van der Waals surface area (Å²) >= 11 is 0. The molecule has 146 valence electrons. The van der Waals surface area contributed by atoms with Crippen LogP contribution in [0.5, 0.6) is 0 Å². The summed E-state index contributed by atoms with van der Waals surface area (Å²) in [5.74, 6) is 0.0378. The minimum absolute atomic E-state index is 0.0263. The van der Waals surface area contributed by atoms with E-state index < -0.39 is 0 Å². The number of carbonyl (C=O) groups excluding carboxylic acids is 1. The molecule has 2 aromatic carbocycles. The van der Waals surface area contributed by atoms with Crippen LogP contribution in [0.3, 0.4) is 0 Å². The van der Waals surface area contributed by atoms with E-state index in [0.29, 0.717) is 0 Å². The van der Waals surface area contributed by atoms with Crippen LogP contribution in [0.25, 0.3) is 11.0 Å². The molecule has 1 fully saturated rings. The highest BCUT2D eigenvalue weighted by molar-refractivity contribution is 5.95. The second-order valence-corrected chi connectivity index (χ2v) is 7.68. The zero-order valence-corrected chi connectivity index (χ0v) is 16.4. The third kappa shape index (κ3) is 3.47. The molecule has 2 heterocycles. The van der Waals surface area contributed by atoms with E-state index in [0.717, 1.165) is 54.6 Å². The highest BCUT2D eigenvalue weighted by Crippen LogP contribution is 2.26. The lowest BCUT2D eigenvalue weighted by Gasteiger charge is -2.33. The van der Waals surface area contributed by atoms with Gasteiger partial charge in [0, 0.05) is 45.3 Å². The Morgan fingerprint density at radius 2 is 1.75 bits per heavy atom. The van der Waals surface area contributed by atoms with Crippen molar-refractivity contribution in [2.75, 3.05) is 27.2 Å². The molecule has 0 bridgehead atoms. The van der Waals surface area contributed by atoms with Crippen molar-refractivity contribution in [2.24, 2.45) is 0 Å². The molecule has 1 N–H and O–H groups in total. The average Bonchev–Trinajstić information content (AvgIpc) is 3.04. The van der Waals surface area contributed by atoms with E-state index in [4.69, 9.17) is 0 Å². The van der Waals surface area contributed by atoms with Gasteiger partial charge in [0.05, 0.1) is 11.0 Å². The summed E-state index contributed by atoms with van der Waals surface area (Å²) in [6.45, 7) is 2.56. The van der Waals surface area contributed by atoms with Crippen molar-refractivity contribution in [1.82, 2.24) is 19.4 Å². The van der Waals surface area contributed by atoms with E-state index in [1.165, 1.54) is 0 Å². The first-order valence-corrected chi connectivity index (χ1v) is 9.76. The lowest BCUT2D eigenvalue weighted by atomic mass is 10.0. The first-order valence-electron chi connectivity index (χ1n) is 9.76. The number of imidazole rings is 1. The summed E-state index contributed by atoms with van der Waals surface area (Å²) in [6.07, 6.45) is 1.84. The Hall–Kier alpha value is -2.86. The smallest absolute Gasteiger partial charge is 0.326 e. The third-order valence-corrected chi connectivity index (χ3v) is 5.59. The lowest BCUT2D eigenvalue weighted by molar-refractivity contribution is 0.0824. The molecular weight excluding hydrogens is 352 g/mol. The largest absolute Gasteiger partial charge is 0.345 e. The molecule has 0 aliphatic carbocycles. The van der Waals surface area contributed by atoms with Crippen LogP contribution in [0.1, 0.15) is 34.8 Å². The van der Waals surface area contributed by atoms with Gasteiger partial charge in [0.1, 0.15) is 0 Å². The van der Waals surface area contributed by atoms with E-state index >= 15 is 0 Å². The van der Waals surface area contributed by atoms with Crippen LogP contribution in [0.2, 0.25) is 0 Å². The number of piperidine rings is 1. The van der Waals surface area contributed by atoms with Crippen LogP contribution in [0.4, 0.5) is 0 Å². The number of likely N-dealkylation sites (tertiary alicyclic amines) is 1. The Morgan fingerprint density at radius 1 is 1.07 bits per heavy atom. The van der Waals surface area contributed by atoms with Crippen molar-refractivity contribution in [3.63, 3.8) is 0 Å². The second-order valence-electron chi connectivity index (χ2n) is 7.68. The summed E-state index contributed by atoms with van der Waals surface area (Å²) in [7, 11) is 3.56. The second kappa shape index (κ2) is 7.64. The maximum atomic E-state index is 12.4. The maximum Gasteiger partial charge on any atom is 0.326 e. The molecule has 6 nitrogen and oxygen atoms in total. The van der Waals surface area contributed by atoms with Gasteiger partial charge in [-0.2, -0.15) is 0 Å². The minimum Gasteiger partial charge on any atom is -0.345 e. The number of amides is 1. The van der Waals surface area contributed by atoms with Crippen molar-refractivity contribution >= 4 is 16.9 Å². The maximum absolute atomic E-state index is 12.4. The fraction of sp³-hybridized carbons (Fsp3) is 0.364. The molecule has 0 spiro atoms. The van der Waals surface area contributed by atoms with Gasteiger partial charge in [0.25, 0.3) is 5.91 Å². The van der Waals surface area contributed by atoms with E-state index in [-0.39, 0.29) is 17.6 Å². The number of rotatable bonds is 4. The Kier molecular flexibility index (Phi) is 5.05. The van der Waals surface area contributed by atoms with E-state index in [1.54, 1.807) is 19.0 Å². The van der Waals surface area contributed by atoms with Crippen molar-refractivity contribution in [1.29, 1.82) is 0 Å². The number of carbonyl (C=O) groups is 1. The van der Waals surface area contributed by atoms with Crippen molar-refractivity contribution < 1.29 is 4.79 Å². The number of fused-ring (bicyclic) bond motifs is 1. The van der Waals surface area contributed by atoms with Crippen molar-refractivity contribution in [3.8, 4) is 0 Å². The minimum atomic E-state index is -0.0263. The molecule has 3 aromatic rings. The molecule has 6 heteroatoms. The van der Waals surface area contributed by atoms with E-state index in [2.05, 4.69) is 9.88 Å². The lowest BCUT2D eigenvalue weighted by Crippen LogP contribution is -2.37. The van der Waals surface area contributed by atoms with Crippen molar-refractivity contribution in [3.05, 3.63) is 70.1 Å². The Labute approximate surface area is 164 Å². The molecule has 28 heavy (non-hydrogen) atoms. The van der Waals surface area contributed by atoms with Crippen LogP contribution < -0.4 is 5.69 Å². The molecule has 1 aliphatic rings. The van der Waals surface area contributed by atoms with E-state index in [9.17, 15) is 9.59 Å². The number of hydrogen-bond acceptors (Lipinski definition) is 3. The van der Waals surface area contributed by atoms with Gasteiger partial charge >= 0.3 is 5.69 Å². The van der Waals surface area contributed by atoms with Crippen molar-refractivity contribution in [2.45, 2.75) is 25.4 Å². The van der Waals surface area contributed by atoms with Crippen LogP contribution in [-0.2, 0) is 6.54 Å². The first-order chi connectivity index (χ1) is 13.5. The van der Waals surface area contributed by atoms with Gasteiger partial charge in [0.15, 0.2) is 0 Å². The predicted octanol–water partition coefficient (Wildman–Crippen LogP) is 2.87. The molecule has 1 aromatic heterocycles. The predicted molar refractivity (Wildman–Crippen MR) is 111 cm³/mol. The topological polar surface area (TPSA) is 61.3 Å². The molecule has 1 aliphatic heterocycles. The van der Waals surface area contributed by atoms with Gasteiger partial charge in [0.2, 0.25) is 0 Å². The number of nitrogens with zero attached hydrogens (tertiary/aromatic N) is 3. The number of para-hydroxylation sites is 2. The molecule has 0 saturated carbocycles. The SMILES string of the molecule is CN(C)C(=O)c1ccccc1CN1CCC(n2c(=O)[nH]c3ccccc32)CC1. The third-order valence-electron chi connectivity index (χ3n) is 5.59. The van der Waals surface area contributed by atoms with Crippen LogP contribution in [0, 0.1) is 0 Å². The Morgan fingerprint density at radius 3 is 2.50 bits per heavy atom. The van der Waals surface area contributed by atoms with Crippen LogP contribution in [-0.4, -0.2) is 52.4 Å². The Bertz CT molecular complexity index is 1040. The number of benzene rings is 2. The fourth-order valence-corrected chi connectivity index (χ4v) is 4.12. The van der Waals surface area contributed by atoms with Gasteiger partial charge in [-0.25, -0.2) is 4.79 Å². The molecule has 0 unspecified atom stereocenters. The van der Waals surface area contributed by atoms with Gasteiger partial charge in [-0.1, -0.05) is 30.3 Å². The fourth-order valence-electron chi connectivity index (χ4n) is 4.12. The zero-order valence-electron chi connectivity index (χ0n) is 16.4. The number of hydrogen-bond donors (Lipinski definition) is 1. The molecule has 1 saturated heterocycles. The number of aromatic amines is 1.